The summed E-state index contributed by atoms with van der Waals surface area (Å²) in [5, 5.41) is 0. The van der Waals surface area contributed by atoms with Crippen LogP contribution in [0.2, 0.25) is 0 Å². The van der Waals surface area contributed by atoms with E-state index in [1.165, 1.54) is 22.6 Å². The van der Waals surface area contributed by atoms with Gasteiger partial charge in [-0.1, -0.05) is 52.3 Å². The SMILES string of the molecule is O=C(COC(=O)c1cccc(N2C(=O)[C@@H]3CC[C@H](c4ccccc4)C[C@H]3C2=O)c1)NNC(=O)c1ccc(Br)cc1. The lowest BCUT2D eigenvalue weighted by molar-refractivity contribution is -0.125. The largest absolute Gasteiger partial charge is 0.452 e. The Morgan fingerprint density at radius 3 is 2.30 bits per heavy atom. The van der Waals surface area contributed by atoms with Crippen molar-refractivity contribution < 1.29 is 28.7 Å². The fourth-order valence-electron chi connectivity index (χ4n) is 5.28. The van der Waals surface area contributed by atoms with Gasteiger partial charge in [0, 0.05) is 10.0 Å². The predicted molar refractivity (Wildman–Crippen MR) is 149 cm³/mol. The normalized spacial score (nSPS) is 20.0. The summed E-state index contributed by atoms with van der Waals surface area (Å²) in [5.41, 5.74) is 6.32. The third-order valence-electron chi connectivity index (χ3n) is 7.29. The van der Waals surface area contributed by atoms with Gasteiger partial charge >= 0.3 is 5.97 Å². The highest BCUT2D eigenvalue weighted by molar-refractivity contribution is 9.10. The Labute approximate surface area is 239 Å². The number of nitrogens with one attached hydrogen (secondary N) is 2. The Morgan fingerprint density at radius 1 is 0.825 bits per heavy atom. The van der Waals surface area contributed by atoms with Gasteiger partial charge in [0.2, 0.25) is 11.8 Å². The van der Waals surface area contributed by atoms with Gasteiger partial charge < -0.3 is 4.74 Å². The van der Waals surface area contributed by atoms with Crippen molar-refractivity contribution in [1.29, 1.82) is 0 Å². The summed E-state index contributed by atoms with van der Waals surface area (Å²) < 4.78 is 5.88. The fourth-order valence-corrected chi connectivity index (χ4v) is 5.55. The third-order valence-corrected chi connectivity index (χ3v) is 7.82. The number of ether oxygens (including phenoxy) is 1. The molecule has 40 heavy (non-hydrogen) atoms. The number of imide groups is 1. The number of halogens is 1. The van der Waals surface area contributed by atoms with E-state index in [4.69, 9.17) is 4.74 Å². The molecule has 1 heterocycles. The zero-order chi connectivity index (χ0) is 28.2. The summed E-state index contributed by atoms with van der Waals surface area (Å²) in [5.74, 6) is -3.16. The van der Waals surface area contributed by atoms with Gasteiger partial charge in [-0.15, -0.1) is 0 Å². The first-order valence-corrected chi connectivity index (χ1v) is 13.7. The zero-order valence-electron chi connectivity index (χ0n) is 21.3. The molecule has 1 aliphatic carbocycles. The van der Waals surface area contributed by atoms with Crippen molar-refractivity contribution in [2.75, 3.05) is 11.5 Å². The van der Waals surface area contributed by atoms with Crippen molar-refractivity contribution in [3.8, 4) is 0 Å². The number of hydrazine groups is 1. The van der Waals surface area contributed by atoms with E-state index in [0.717, 1.165) is 10.9 Å². The molecule has 2 N–H and O–H groups in total. The summed E-state index contributed by atoms with van der Waals surface area (Å²) in [6, 6.07) is 22.6. The van der Waals surface area contributed by atoms with Crippen LogP contribution in [0.1, 0.15) is 51.5 Å². The van der Waals surface area contributed by atoms with Crippen molar-refractivity contribution in [3.05, 3.63) is 100 Å². The lowest BCUT2D eigenvalue weighted by Gasteiger charge is -2.28. The van der Waals surface area contributed by atoms with E-state index in [-0.39, 0.29) is 29.2 Å². The predicted octanol–water partition coefficient (Wildman–Crippen LogP) is 4.14. The molecule has 204 valence electrons. The monoisotopic (exact) mass is 603 g/mol. The minimum absolute atomic E-state index is 0.0850. The molecule has 5 rings (SSSR count). The maximum absolute atomic E-state index is 13.4. The van der Waals surface area contributed by atoms with Gasteiger partial charge in [-0.05, 0) is 73.2 Å². The first-order valence-electron chi connectivity index (χ1n) is 12.9. The topological polar surface area (TPSA) is 122 Å². The number of benzene rings is 3. The molecule has 3 aromatic carbocycles. The molecule has 9 nitrogen and oxygen atoms in total. The van der Waals surface area contributed by atoms with Crippen molar-refractivity contribution in [1.82, 2.24) is 10.9 Å². The average molecular weight is 604 g/mol. The van der Waals surface area contributed by atoms with Crippen LogP contribution in [-0.4, -0.2) is 36.2 Å². The second kappa shape index (κ2) is 11.8. The lowest BCUT2D eigenvalue weighted by atomic mass is 9.73. The van der Waals surface area contributed by atoms with E-state index in [1.54, 1.807) is 36.4 Å². The molecular weight excluding hydrogens is 578 g/mol. The van der Waals surface area contributed by atoms with Gasteiger partial charge in [-0.25, -0.2) is 4.79 Å². The number of carbonyl (C=O) groups is 5. The van der Waals surface area contributed by atoms with Crippen molar-refractivity contribution in [3.63, 3.8) is 0 Å². The number of esters is 1. The summed E-state index contributed by atoms with van der Waals surface area (Å²) in [4.78, 5) is 64.6. The van der Waals surface area contributed by atoms with Crippen LogP contribution in [0.5, 0.6) is 0 Å². The number of amides is 4. The highest BCUT2D eigenvalue weighted by atomic mass is 79.9. The van der Waals surface area contributed by atoms with Crippen LogP contribution in [-0.2, 0) is 19.1 Å². The summed E-state index contributed by atoms with van der Waals surface area (Å²) >= 11 is 3.28. The standard InChI is InChI=1S/C30H26BrN3O6/c31-22-12-9-19(10-13-22)27(36)33-32-26(35)17-40-30(39)21-7-4-8-23(15-21)34-28(37)24-14-11-20(16-25(24)29(34)38)18-5-2-1-3-6-18/h1-10,12-13,15,20,24-25H,11,14,16-17H2,(H,32,35)(H,33,36)/t20-,24+,25+/m0/s1. The molecule has 4 amide bonds. The van der Waals surface area contributed by atoms with Gasteiger partial charge in [0.05, 0.1) is 23.1 Å². The Bertz CT molecular complexity index is 1460. The maximum atomic E-state index is 13.4. The van der Waals surface area contributed by atoms with E-state index in [9.17, 15) is 24.0 Å². The van der Waals surface area contributed by atoms with E-state index < -0.39 is 30.3 Å². The Kier molecular flexibility index (Phi) is 8.06. The number of carbonyl (C=O) groups excluding carboxylic acids is 5. The van der Waals surface area contributed by atoms with Crippen LogP contribution < -0.4 is 15.8 Å². The molecule has 1 aliphatic heterocycles. The molecule has 3 aromatic rings. The van der Waals surface area contributed by atoms with E-state index in [1.807, 2.05) is 18.2 Å². The minimum Gasteiger partial charge on any atom is -0.452 e. The zero-order valence-corrected chi connectivity index (χ0v) is 22.9. The van der Waals surface area contributed by atoms with Gasteiger partial charge in [-0.3, -0.25) is 34.9 Å². The highest BCUT2D eigenvalue weighted by Gasteiger charge is 2.50. The number of rotatable bonds is 6. The van der Waals surface area contributed by atoms with Gasteiger partial charge in [0.25, 0.3) is 11.8 Å². The molecule has 0 unspecified atom stereocenters. The number of nitrogens with zero attached hydrogens (tertiary/aromatic N) is 1. The van der Waals surface area contributed by atoms with Crippen molar-refractivity contribution in [2.24, 2.45) is 11.8 Å². The van der Waals surface area contributed by atoms with Crippen LogP contribution in [0.4, 0.5) is 5.69 Å². The molecule has 0 aromatic heterocycles. The van der Waals surface area contributed by atoms with Crippen LogP contribution in [0.3, 0.4) is 0 Å². The van der Waals surface area contributed by atoms with E-state index in [0.29, 0.717) is 24.1 Å². The van der Waals surface area contributed by atoms with Gasteiger partial charge in [0.1, 0.15) is 0 Å². The van der Waals surface area contributed by atoms with Crippen LogP contribution >= 0.6 is 15.9 Å². The number of hydrogen-bond acceptors (Lipinski definition) is 6. The Morgan fingerprint density at radius 2 is 1.55 bits per heavy atom. The van der Waals surface area contributed by atoms with Crippen molar-refractivity contribution >= 4 is 51.2 Å². The molecule has 1 saturated heterocycles. The molecule has 0 radical (unpaired) electrons. The quantitative estimate of drug-likeness (QED) is 0.248. The minimum atomic E-state index is -0.808. The van der Waals surface area contributed by atoms with Crippen LogP contribution in [0.25, 0.3) is 0 Å². The maximum Gasteiger partial charge on any atom is 0.338 e. The first-order chi connectivity index (χ1) is 19.3. The Balaban J connectivity index is 1.18. The molecule has 3 atom stereocenters. The molecular formula is C30H26BrN3O6. The van der Waals surface area contributed by atoms with Crippen LogP contribution in [0.15, 0.2) is 83.3 Å². The van der Waals surface area contributed by atoms with Crippen LogP contribution in [0, 0.1) is 11.8 Å². The average Bonchev–Trinajstić information content (AvgIpc) is 3.24. The second-order valence-electron chi connectivity index (χ2n) is 9.78. The molecule has 2 fully saturated rings. The number of hydrogen-bond donors (Lipinski definition) is 2. The van der Waals surface area contributed by atoms with Gasteiger partial charge in [-0.2, -0.15) is 0 Å². The fraction of sp³-hybridized carbons (Fsp3) is 0.233. The third kappa shape index (κ3) is 5.81. The van der Waals surface area contributed by atoms with E-state index >= 15 is 0 Å². The Hall–Kier alpha value is -4.31. The first kappa shape index (κ1) is 27.3. The summed E-state index contributed by atoms with van der Waals surface area (Å²) in [6.07, 6.45) is 2.06. The number of fused-ring (bicyclic) bond motifs is 1. The molecule has 0 bridgehead atoms. The summed E-state index contributed by atoms with van der Waals surface area (Å²) in [7, 11) is 0. The van der Waals surface area contributed by atoms with Gasteiger partial charge in [0.15, 0.2) is 6.61 Å². The molecule has 2 aliphatic rings. The lowest BCUT2D eigenvalue weighted by Crippen LogP contribution is -2.43. The van der Waals surface area contributed by atoms with Crippen molar-refractivity contribution in [2.45, 2.75) is 25.2 Å². The molecule has 10 heteroatoms. The molecule has 0 spiro atoms. The smallest absolute Gasteiger partial charge is 0.338 e. The second-order valence-corrected chi connectivity index (χ2v) is 10.7. The molecule has 1 saturated carbocycles. The number of anilines is 1. The summed E-state index contributed by atoms with van der Waals surface area (Å²) in [6.45, 7) is -0.643. The highest BCUT2D eigenvalue weighted by Crippen LogP contribution is 2.45. The van der Waals surface area contributed by atoms with E-state index in [2.05, 4.69) is 38.9 Å².